The van der Waals surface area contributed by atoms with Crippen molar-refractivity contribution in [2.45, 2.75) is 11.8 Å². The van der Waals surface area contributed by atoms with Crippen LogP contribution in [0.25, 0.3) is 5.69 Å². The minimum Gasteiger partial charge on any atom is -0.397 e. The van der Waals surface area contributed by atoms with Crippen LogP contribution in [-0.2, 0) is 10.0 Å². The molecule has 0 radical (unpaired) electrons. The zero-order valence-electron chi connectivity index (χ0n) is 9.87. The molecular weight excluding hydrogens is 252 g/mol. The van der Waals surface area contributed by atoms with E-state index in [9.17, 15) is 8.42 Å². The van der Waals surface area contributed by atoms with Crippen LogP contribution in [0.1, 0.15) is 6.92 Å². The van der Waals surface area contributed by atoms with Gasteiger partial charge in [-0.15, -0.1) is 0 Å². The molecular formula is C11H14N4O2S. The normalized spacial score (nSPS) is 11.6. The van der Waals surface area contributed by atoms with Crippen molar-refractivity contribution in [1.82, 2.24) is 14.5 Å². The summed E-state index contributed by atoms with van der Waals surface area (Å²) in [7, 11) is -3.49. The van der Waals surface area contributed by atoms with Gasteiger partial charge < -0.3 is 5.73 Å². The second kappa shape index (κ2) is 4.79. The molecule has 0 unspecified atom stereocenters. The molecule has 0 bridgehead atoms. The van der Waals surface area contributed by atoms with Crippen molar-refractivity contribution in [2.75, 3.05) is 12.3 Å². The molecule has 6 nitrogen and oxygen atoms in total. The number of hydrogen-bond acceptors (Lipinski definition) is 4. The van der Waals surface area contributed by atoms with Crippen LogP contribution in [0.15, 0.2) is 41.6 Å². The molecule has 1 aromatic heterocycles. The number of anilines is 1. The summed E-state index contributed by atoms with van der Waals surface area (Å²) in [4.78, 5) is 0.170. The van der Waals surface area contributed by atoms with Crippen LogP contribution in [0.5, 0.6) is 0 Å². The molecule has 0 saturated heterocycles. The largest absolute Gasteiger partial charge is 0.397 e. The van der Waals surface area contributed by atoms with E-state index in [-0.39, 0.29) is 4.90 Å². The molecule has 3 N–H and O–H groups in total. The van der Waals surface area contributed by atoms with Gasteiger partial charge in [0.2, 0.25) is 10.0 Å². The van der Waals surface area contributed by atoms with Crippen LogP contribution in [0.4, 0.5) is 5.69 Å². The quantitative estimate of drug-likeness (QED) is 0.799. The Hall–Kier alpha value is -1.86. The maximum absolute atomic E-state index is 11.9. The van der Waals surface area contributed by atoms with Crippen molar-refractivity contribution in [3.63, 3.8) is 0 Å². The van der Waals surface area contributed by atoms with E-state index in [0.29, 0.717) is 17.9 Å². The van der Waals surface area contributed by atoms with Gasteiger partial charge in [0.25, 0.3) is 0 Å². The van der Waals surface area contributed by atoms with Gasteiger partial charge in [-0.1, -0.05) is 6.92 Å². The zero-order valence-corrected chi connectivity index (χ0v) is 10.7. The smallest absolute Gasteiger partial charge is 0.240 e. The molecule has 96 valence electrons. The van der Waals surface area contributed by atoms with Gasteiger partial charge in [-0.25, -0.2) is 17.8 Å². The average molecular weight is 266 g/mol. The van der Waals surface area contributed by atoms with Crippen LogP contribution in [0, 0.1) is 0 Å². The molecule has 1 aromatic carbocycles. The summed E-state index contributed by atoms with van der Waals surface area (Å²) in [5.74, 6) is 0. The van der Waals surface area contributed by atoms with Crippen LogP contribution >= 0.6 is 0 Å². The lowest BCUT2D eigenvalue weighted by atomic mass is 10.3. The lowest BCUT2D eigenvalue weighted by molar-refractivity contribution is 0.584. The van der Waals surface area contributed by atoms with Gasteiger partial charge in [-0.2, -0.15) is 5.10 Å². The lowest BCUT2D eigenvalue weighted by Crippen LogP contribution is -2.23. The van der Waals surface area contributed by atoms with Gasteiger partial charge in [0.1, 0.15) is 0 Å². The molecule has 0 amide bonds. The third kappa shape index (κ3) is 2.36. The standard InChI is InChI=1S/C11H14N4O2S/c1-2-14-18(16,17)9-4-5-10(12)11(8-9)15-7-3-6-13-15/h3-8,14H,2,12H2,1H3. The Labute approximate surface area is 105 Å². The van der Waals surface area contributed by atoms with Crippen LogP contribution in [-0.4, -0.2) is 24.7 Å². The van der Waals surface area contributed by atoms with E-state index in [2.05, 4.69) is 9.82 Å². The van der Waals surface area contributed by atoms with E-state index in [1.807, 2.05) is 0 Å². The molecule has 2 aromatic rings. The number of benzene rings is 1. The second-order valence-corrected chi connectivity index (χ2v) is 5.44. The van der Waals surface area contributed by atoms with E-state index < -0.39 is 10.0 Å². The number of sulfonamides is 1. The highest BCUT2D eigenvalue weighted by Crippen LogP contribution is 2.20. The Morgan fingerprint density at radius 3 is 2.83 bits per heavy atom. The molecule has 2 rings (SSSR count). The summed E-state index contributed by atoms with van der Waals surface area (Å²) >= 11 is 0. The highest BCUT2D eigenvalue weighted by atomic mass is 32.2. The topological polar surface area (TPSA) is 90.0 Å². The van der Waals surface area contributed by atoms with Crippen LogP contribution in [0.2, 0.25) is 0 Å². The Kier molecular flexibility index (Phi) is 3.35. The fourth-order valence-corrected chi connectivity index (χ4v) is 2.63. The predicted octanol–water partition coefficient (Wildman–Crippen LogP) is 0.753. The van der Waals surface area contributed by atoms with Crippen LogP contribution in [0.3, 0.4) is 0 Å². The number of nitrogens with one attached hydrogen (secondary N) is 1. The first-order valence-electron chi connectivity index (χ1n) is 5.44. The second-order valence-electron chi connectivity index (χ2n) is 3.67. The minimum absolute atomic E-state index is 0.170. The first-order chi connectivity index (χ1) is 8.54. The third-order valence-electron chi connectivity index (χ3n) is 2.40. The Bertz CT molecular complexity index is 635. The highest BCUT2D eigenvalue weighted by Gasteiger charge is 2.15. The van der Waals surface area contributed by atoms with E-state index in [1.165, 1.54) is 16.8 Å². The summed E-state index contributed by atoms with van der Waals surface area (Å²) in [5, 5.41) is 4.04. The van der Waals surface area contributed by atoms with Gasteiger partial charge in [-0.05, 0) is 24.3 Å². The van der Waals surface area contributed by atoms with Crippen molar-refractivity contribution in [3.8, 4) is 5.69 Å². The van der Waals surface area contributed by atoms with Gasteiger partial charge in [0, 0.05) is 18.9 Å². The van der Waals surface area contributed by atoms with E-state index in [4.69, 9.17) is 5.73 Å². The SMILES string of the molecule is CCNS(=O)(=O)c1ccc(N)c(-n2cccn2)c1. The molecule has 18 heavy (non-hydrogen) atoms. The molecule has 0 aliphatic rings. The van der Waals surface area contributed by atoms with Crippen molar-refractivity contribution >= 4 is 15.7 Å². The van der Waals surface area contributed by atoms with E-state index in [0.717, 1.165) is 0 Å². The number of nitrogens with two attached hydrogens (primary N) is 1. The Morgan fingerprint density at radius 2 is 2.22 bits per heavy atom. The summed E-state index contributed by atoms with van der Waals surface area (Å²) < 4.78 is 27.7. The molecule has 1 heterocycles. The summed E-state index contributed by atoms with van der Waals surface area (Å²) in [5.41, 5.74) is 6.83. The number of aromatic nitrogens is 2. The Morgan fingerprint density at radius 1 is 1.44 bits per heavy atom. The molecule has 0 aliphatic carbocycles. The monoisotopic (exact) mass is 266 g/mol. The third-order valence-corrected chi connectivity index (χ3v) is 3.94. The lowest BCUT2D eigenvalue weighted by Gasteiger charge is -2.09. The molecule has 0 aliphatic heterocycles. The van der Waals surface area contributed by atoms with E-state index >= 15 is 0 Å². The summed E-state index contributed by atoms with van der Waals surface area (Å²) in [6.45, 7) is 2.06. The molecule has 0 saturated carbocycles. The van der Waals surface area contributed by atoms with Crippen molar-refractivity contribution in [2.24, 2.45) is 0 Å². The van der Waals surface area contributed by atoms with Crippen molar-refractivity contribution in [3.05, 3.63) is 36.7 Å². The van der Waals surface area contributed by atoms with Gasteiger partial charge in [-0.3, -0.25) is 0 Å². The summed E-state index contributed by atoms with van der Waals surface area (Å²) in [6, 6.07) is 6.27. The Balaban J connectivity index is 2.51. The number of nitrogen functional groups attached to an aromatic ring is 1. The van der Waals surface area contributed by atoms with Crippen molar-refractivity contribution < 1.29 is 8.42 Å². The number of rotatable bonds is 4. The zero-order chi connectivity index (χ0) is 13.2. The highest BCUT2D eigenvalue weighted by molar-refractivity contribution is 7.89. The minimum atomic E-state index is -3.49. The maximum Gasteiger partial charge on any atom is 0.240 e. The fourth-order valence-electron chi connectivity index (χ4n) is 1.57. The van der Waals surface area contributed by atoms with Crippen molar-refractivity contribution in [1.29, 1.82) is 0 Å². The molecule has 0 fully saturated rings. The molecule has 0 atom stereocenters. The summed E-state index contributed by atoms with van der Waals surface area (Å²) in [6.07, 6.45) is 3.31. The maximum atomic E-state index is 11.9. The number of hydrogen-bond donors (Lipinski definition) is 2. The first kappa shape index (κ1) is 12.6. The fraction of sp³-hybridized carbons (Fsp3) is 0.182. The molecule has 0 spiro atoms. The van der Waals surface area contributed by atoms with Gasteiger partial charge in [0.05, 0.1) is 16.3 Å². The van der Waals surface area contributed by atoms with Gasteiger partial charge >= 0.3 is 0 Å². The first-order valence-corrected chi connectivity index (χ1v) is 6.92. The predicted molar refractivity (Wildman–Crippen MR) is 68.8 cm³/mol. The van der Waals surface area contributed by atoms with Gasteiger partial charge in [0.15, 0.2) is 0 Å². The molecule has 7 heteroatoms. The van der Waals surface area contributed by atoms with E-state index in [1.54, 1.807) is 31.5 Å². The van der Waals surface area contributed by atoms with Crippen LogP contribution < -0.4 is 10.5 Å². The number of nitrogens with zero attached hydrogens (tertiary/aromatic N) is 2. The average Bonchev–Trinajstić information content (AvgIpc) is 2.82.